The molecule has 1 aromatic rings. The van der Waals surface area contributed by atoms with Gasteiger partial charge >= 0.3 is 0 Å². The number of halogens is 3. The maximum absolute atomic E-state index is 13.3. The van der Waals surface area contributed by atoms with Gasteiger partial charge in [0.05, 0.1) is 13.1 Å². The van der Waals surface area contributed by atoms with Crippen LogP contribution in [-0.4, -0.2) is 23.9 Å². The molecule has 0 atom stereocenters. The summed E-state index contributed by atoms with van der Waals surface area (Å²) in [6, 6.07) is 4.30. The first-order chi connectivity index (χ1) is 6.96. The van der Waals surface area contributed by atoms with Crippen LogP contribution >= 0.6 is 0 Å². The van der Waals surface area contributed by atoms with E-state index in [1.54, 1.807) is 6.07 Å². The van der Waals surface area contributed by atoms with E-state index in [0.717, 1.165) is 0 Å². The Morgan fingerprint density at radius 3 is 2.53 bits per heavy atom. The first kappa shape index (κ1) is 10.3. The number of anilines is 1. The molecule has 0 bridgehead atoms. The summed E-state index contributed by atoms with van der Waals surface area (Å²) in [5.74, 6) is -3.05. The molecule has 1 aliphatic rings. The molecule has 2 rings (SSSR count). The standard InChI is InChI=1S/C10H11F3N2/c11-9-3-8(14)2-1-7(9)4-15-5-10(12,13)6-15/h1-3H,4-6,14H2. The average Bonchev–Trinajstić information content (AvgIpc) is 2.06. The van der Waals surface area contributed by atoms with Gasteiger partial charge in [-0.1, -0.05) is 6.07 Å². The number of rotatable bonds is 2. The molecule has 2 nitrogen and oxygen atoms in total. The quantitative estimate of drug-likeness (QED) is 0.764. The van der Waals surface area contributed by atoms with Crippen molar-refractivity contribution in [3.05, 3.63) is 29.6 Å². The zero-order valence-electron chi connectivity index (χ0n) is 8.01. The Balaban J connectivity index is 2.00. The van der Waals surface area contributed by atoms with E-state index in [4.69, 9.17) is 5.73 Å². The highest BCUT2D eigenvalue weighted by molar-refractivity contribution is 5.40. The van der Waals surface area contributed by atoms with E-state index in [1.165, 1.54) is 17.0 Å². The van der Waals surface area contributed by atoms with Gasteiger partial charge in [-0.3, -0.25) is 4.90 Å². The van der Waals surface area contributed by atoms with Crippen molar-refractivity contribution in [2.24, 2.45) is 0 Å². The van der Waals surface area contributed by atoms with Crippen molar-refractivity contribution in [2.75, 3.05) is 18.8 Å². The van der Waals surface area contributed by atoms with Crippen LogP contribution in [0.15, 0.2) is 18.2 Å². The molecule has 1 heterocycles. The third-order valence-corrected chi connectivity index (χ3v) is 2.38. The molecule has 1 fully saturated rings. The zero-order chi connectivity index (χ0) is 11.1. The second kappa shape index (κ2) is 3.41. The molecule has 1 aliphatic heterocycles. The Morgan fingerprint density at radius 2 is 2.00 bits per heavy atom. The maximum atomic E-state index is 13.3. The molecule has 0 spiro atoms. The van der Waals surface area contributed by atoms with Crippen LogP contribution in [0.3, 0.4) is 0 Å². The molecule has 5 heteroatoms. The molecule has 2 N–H and O–H groups in total. The molecule has 1 saturated heterocycles. The van der Waals surface area contributed by atoms with Crippen LogP contribution in [0.2, 0.25) is 0 Å². The van der Waals surface area contributed by atoms with Crippen molar-refractivity contribution in [2.45, 2.75) is 12.5 Å². The van der Waals surface area contributed by atoms with Gasteiger partial charge in [0.25, 0.3) is 5.92 Å². The van der Waals surface area contributed by atoms with E-state index in [9.17, 15) is 13.2 Å². The van der Waals surface area contributed by atoms with Gasteiger partial charge in [0.15, 0.2) is 0 Å². The Kier molecular flexibility index (Phi) is 2.34. The first-order valence-corrected chi connectivity index (χ1v) is 4.60. The number of nitrogens with two attached hydrogens (primary N) is 1. The van der Waals surface area contributed by atoms with Crippen molar-refractivity contribution in [1.29, 1.82) is 0 Å². The van der Waals surface area contributed by atoms with Gasteiger partial charge < -0.3 is 5.73 Å². The SMILES string of the molecule is Nc1ccc(CN2CC(F)(F)C2)c(F)c1. The van der Waals surface area contributed by atoms with Crippen LogP contribution < -0.4 is 5.73 Å². The molecule has 15 heavy (non-hydrogen) atoms. The largest absolute Gasteiger partial charge is 0.399 e. The van der Waals surface area contributed by atoms with Crippen LogP contribution in [0.1, 0.15) is 5.56 Å². The minimum absolute atomic E-state index is 0.210. The topological polar surface area (TPSA) is 29.3 Å². The predicted molar refractivity (Wildman–Crippen MR) is 51.0 cm³/mol. The summed E-state index contributed by atoms with van der Waals surface area (Å²) in [5.41, 5.74) is 6.11. The lowest BCUT2D eigenvalue weighted by atomic mass is 10.1. The van der Waals surface area contributed by atoms with Gasteiger partial charge in [0, 0.05) is 17.8 Å². The zero-order valence-corrected chi connectivity index (χ0v) is 8.01. The van der Waals surface area contributed by atoms with E-state index in [1.807, 2.05) is 0 Å². The molecule has 0 amide bonds. The van der Waals surface area contributed by atoms with Gasteiger partial charge in [-0.2, -0.15) is 0 Å². The summed E-state index contributed by atoms with van der Waals surface area (Å²) in [5, 5.41) is 0. The van der Waals surface area contributed by atoms with Crippen molar-refractivity contribution >= 4 is 5.69 Å². The normalized spacial score (nSPS) is 19.9. The van der Waals surface area contributed by atoms with Gasteiger partial charge in [0.1, 0.15) is 5.82 Å². The molecule has 0 unspecified atom stereocenters. The minimum Gasteiger partial charge on any atom is -0.399 e. The number of alkyl halides is 2. The minimum atomic E-state index is -2.61. The third kappa shape index (κ3) is 2.23. The Hall–Kier alpha value is -1.23. The number of likely N-dealkylation sites (tertiary alicyclic amines) is 1. The monoisotopic (exact) mass is 216 g/mol. The van der Waals surface area contributed by atoms with E-state index < -0.39 is 11.7 Å². The summed E-state index contributed by atoms with van der Waals surface area (Å²) in [4.78, 5) is 1.49. The van der Waals surface area contributed by atoms with E-state index in [2.05, 4.69) is 0 Å². The van der Waals surface area contributed by atoms with Crippen molar-refractivity contribution in [3.8, 4) is 0 Å². The van der Waals surface area contributed by atoms with E-state index in [-0.39, 0.29) is 19.6 Å². The summed E-state index contributed by atoms with van der Waals surface area (Å²) >= 11 is 0. The third-order valence-electron chi connectivity index (χ3n) is 2.38. The number of hydrogen-bond acceptors (Lipinski definition) is 2. The molecular formula is C10H11F3N2. The maximum Gasteiger partial charge on any atom is 0.272 e. The van der Waals surface area contributed by atoms with Crippen LogP contribution in [0.5, 0.6) is 0 Å². The first-order valence-electron chi connectivity index (χ1n) is 4.60. The van der Waals surface area contributed by atoms with Crippen molar-refractivity contribution < 1.29 is 13.2 Å². The fourth-order valence-electron chi connectivity index (χ4n) is 1.65. The lowest BCUT2D eigenvalue weighted by Crippen LogP contribution is -2.55. The van der Waals surface area contributed by atoms with Crippen molar-refractivity contribution in [3.63, 3.8) is 0 Å². The summed E-state index contributed by atoms with van der Waals surface area (Å²) < 4.78 is 38.3. The molecule has 0 aliphatic carbocycles. The lowest BCUT2D eigenvalue weighted by Gasteiger charge is -2.38. The van der Waals surface area contributed by atoms with Crippen molar-refractivity contribution in [1.82, 2.24) is 4.90 Å². The fourth-order valence-corrected chi connectivity index (χ4v) is 1.65. The van der Waals surface area contributed by atoms with Gasteiger partial charge in [0.2, 0.25) is 0 Å². The Labute approximate surface area is 85.5 Å². The molecule has 0 saturated carbocycles. The fraction of sp³-hybridized carbons (Fsp3) is 0.400. The molecule has 1 aromatic carbocycles. The summed E-state index contributed by atoms with van der Waals surface area (Å²) in [6.07, 6.45) is 0. The highest BCUT2D eigenvalue weighted by atomic mass is 19.3. The highest BCUT2D eigenvalue weighted by Crippen LogP contribution is 2.28. The second-order valence-electron chi connectivity index (χ2n) is 3.85. The summed E-state index contributed by atoms with van der Waals surface area (Å²) in [6.45, 7) is -0.380. The lowest BCUT2D eigenvalue weighted by molar-refractivity contribution is -0.134. The molecular weight excluding hydrogens is 205 g/mol. The van der Waals surface area contributed by atoms with Crippen LogP contribution in [0.4, 0.5) is 18.9 Å². The molecule has 82 valence electrons. The Morgan fingerprint density at radius 1 is 1.33 bits per heavy atom. The smallest absolute Gasteiger partial charge is 0.272 e. The number of nitrogen functional groups attached to an aromatic ring is 1. The highest BCUT2D eigenvalue weighted by Gasteiger charge is 2.43. The predicted octanol–water partition coefficient (Wildman–Crippen LogP) is 1.86. The average molecular weight is 216 g/mol. The number of nitrogens with zero attached hydrogens (tertiary/aromatic N) is 1. The molecule has 0 aromatic heterocycles. The number of hydrogen-bond donors (Lipinski definition) is 1. The number of benzene rings is 1. The second-order valence-corrected chi connectivity index (χ2v) is 3.85. The summed E-state index contributed by atoms with van der Waals surface area (Å²) in [7, 11) is 0. The van der Waals surface area contributed by atoms with Crippen LogP contribution in [0.25, 0.3) is 0 Å². The van der Waals surface area contributed by atoms with Gasteiger partial charge in [-0.25, -0.2) is 13.2 Å². The molecule has 0 radical (unpaired) electrons. The van der Waals surface area contributed by atoms with E-state index >= 15 is 0 Å². The Bertz CT molecular complexity index is 371. The van der Waals surface area contributed by atoms with Gasteiger partial charge in [-0.05, 0) is 12.1 Å². The van der Waals surface area contributed by atoms with Gasteiger partial charge in [-0.15, -0.1) is 0 Å². The van der Waals surface area contributed by atoms with E-state index in [0.29, 0.717) is 11.3 Å². The van der Waals surface area contributed by atoms with Crippen LogP contribution in [-0.2, 0) is 6.54 Å². The van der Waals surface area contributed by atoms with Crippen LogP contribution in [0, 0.1) is 5.82 Å².